The molecule has 188 valence electrons. The van der Waals surface area contributed by atoms with E-state index in [0.29, 0.717) is 29.6 Å². The summed E-state index contributed by atoms with van der Waals surface area (Å²) in [5, 5.41) is 5.57. The zero-order chi connectivity index (χ0) is 26.3. The minimum atomic E-state index is -0.476. The van der Waals surface area contributed by atoms with E-state index in [1.807, 2.05) is 83.4 Å². The first-order chi connectivity index (χ1) is 17.7. The lowest BCUT2D eigenvalue weighted by Gasteiger charge is -2.34. The highest BCUT2D eigenvalue weighted by molar-refractivity contribution is 5.96. The minimum absolute atomic E-state index is 0.259. The summed E-state index contributed by atoms with van der Waals surface area (Å²) in [5.74, 6) is 6.61. The number of hydrogen-bond acceptors (Lipinski definition) is 4. The Labute approximate surface area is 216 Å². The number of carbonyl (C=O) groups excluding carboxylic acids is 1. The molecule has 1 aliphatic carbocycles. The molecule has 0 saturated heterocycles. The number of pyridine rings is 1. The molecular weight excluding hydrogens is 464 g/mol. The first kappa shape index (κ1) is 24.4. The lowest BCUT2D eigenvalue weighted by molar-refractivity contribution is 0.108. The predicted octanol–water partition coefficient (Wildman–Crippen LogP) is 4.84. The minimum Gasteiger partial charge on any atom is -0.392 e. The molecule has 0 saturated carbocycles. The highest BCUT2D eigenvalue weighted by Gasteiger charge is 2.31. The Morgan fingerprint density at radius 2 is 1.84 bits per heavy atom. The molecule has 0 N–H and O–H groups in total. The van der Waals surface area contributed by atoms with Crippen molar-refractivity contribution in [3.8, 4) is 23.4 Å². The molecule has 1 amide bonds. The SMILES string of the molecule is CCN(C(=O)Oc1c2c3c(ccc(C#Cc4cnn(C)c4)c3c(=O)n1-c1ccccc1)CC2)C(C)(C)C. The van der Waals surface area contributed by atoms with Crippen LogP contribution in [0.25, 0.3) is 16.5 Å². The Hall–Kier alpha value is -4.31. The van der Waals surface area contributed by atoms with Crippen LogP contribution in [0.3, 0.4) is 0 Å². The fourth-order valence-electron chi connectivity index (χ4n) is 5.02. The van der Waals surface area contributed by atoms with E-state index in [9.17, 15) is 9.59 Å². The van der Waals surface area contributed by atoms with Gasteiger partial charge in [-0.3, -0.25) is 9.48 Å². The third kappa shape index (κ3) is 4.40. The van der Waals surface area contributed by atoms with E-state index in [2.05, 4.69) is 16.9 Å². The Balaban J connectivity index is 1.77. The van der Waals surface area contributed by atoms with E-state index in [1.54, 1.807) is 15.8 Å². The molecule has 4 aromatic rings. The number of rotatable bonds is 3. The molecule has 0 radical (unpaired) electrons. The van der Waals surface area contributed by atoms with E-state index < -0.39 is 11.6 Å². The van der Waals surface area contributed by atoms with E-state index in [-0.39, 0.29) is 11.4 Å². The molecule has 5 rings (SSSR count). The maximum Gasteiger partial charge on any atom is 0.416 e. The quantitative estimate of drug-likeness (QED) is 0.382. The number of aromatic nitrogens is 3. The molecule has 0 atom stereocenters. The average molecular weight is 495 g/mol. The van der Waals surface area contributed by atoms with Crippen molar-refractivity contribution in [2.45, 2.75) is 46.1 Å². The third-order valence-electron chi connectivity index (χ3n) is 6.71. The number of ether oxygens (including phenoxy) is 1. The van der Waals surface area contributed by atoms with Crippen molar-refractivity contribution in [1.29, 1.82) is 0 Å². The van der Waals surface area contributed by atoms with Gasteiger partial charge in [-0.15, -0.1) is 0 Å². The van der Waals surface area contributed by atoms with Crippen LogP contribution in [0.4, 0.5) is 4.79 Å². The molecule has 7 nitrogen and oxygen atoms in total. The summed E-state index contributed by atoms with van der Waals surface area (Å²) in [5.41, 5.74) is 3.28. The van der Waals surface area contributed by atoms with Crippen molar-refractivity contribution in [3.05, 3.63) is 87.5 Å². The molecule has 0 fully saturated rings. The van der Waals surface area contributed by atoms with Crippen molar-refractivity contribution in [2.24, 2.45) is 7.05 Å². The van der Waals surface area contributed by atoms with Crippen molar-refractivity contribution in [2.75, 3.05) is 6.54 Å². The van der Waals surface area contributed by atoms with Gasteiger partial charge in [0.1, 0.15) is 0 Å². The van der Waals surface area contributed by atoms with E-state index in [1.165, 1.54) is 4.57 Å². The van der Waals surface area contributed by atoms with Crippen LogP contribution in [0.1, 0.15) is 49.9 Å². The first-order valence-corrected chi connectivity index (χ1v) is 12.5. The summed E-state index contributed by atoms with van der Waals surface area (Å²) in [6, 6.07) is 13.3. The summed E-state index contributed by atoms with van der Waals surface area (Å²) >= 11 is 0. The number of nitrogens with zero attached hydrogens (tertiary/aromatic N) is 4. The van der Waals surface area contributed by atoms with Gasteiger partial charge >= 0.3 is 6.09 Å². The van der Waals surface area contributed by atoms with Gasteiger partial charge in [-0.2, -0.15) is 5.10 Å². The molecule has 2 heterocycles. The van der Waals surface area contributed by atoms with Crippen molar-refractivity contribution in [1.82, 2.24) is 19.2 Å². The summed E-state index contributed by atoms with van der Waals surface area (Å²) in [6.45, 7) is 8.30. The number of benzene rings is 2. The largest absolute Gasteiger partial charge is 0.416 e. The van der Waals surface area contributed by atoms with Gasteiger partial charge in [0, 0.05) is 41.8 Å². The molecule has 2 aromatic carbocycles. The lowest BCUT2D eigenvalue weighted by atomic mass is 10.0. The maximum absolute atomic E-state index is 14.2. The van der Waals surface area contributed by atoms with Gasteiger partial charge < -0.3 is 9.64 Å². The highest BCUT2D eigenvalue weighted by atomic mass is 16.6. The number of carbonyl (C=O) groups is 1. The van der Waals surface area contributed by atoms with Crippen LogP contribution in [0, 0.1) is 11.8 Å². The Bertz CT molecular complexity index is 1630. The van der Waals surface area contributed by atoms with Gasteiger partial charge in [0.2, 0.25) is 5.88 Å². The standard InChI is InChI=1S/C30H30N4O3/c1-6-33(30(2,3)4)29(36)37-28-24-17-16-21-14-15-22(13-12-20-18-31-32(5)19-20)26(25(21)24)27(35)34(28)23-10-8-7-9-11-23/h7-11,14-15,18-19H,6,16-17H2,1-5H3. The fraction of sp³-hybridized carbons (Fsp3) is 0.300. The molecule has 0 aliphatic heterocycles. The molecule has 7 heteroatoms. The Morgan fingerprint density at radius 3 is 2.49 bits per heavy atom. The predicted molar refractivity (Wildman–Crippen MR) is 144 cm³/mol. The average Bonchev–Trinajstić information content (AvgIpc) is 3.47. The summed E-state index contributed by atoms with van der Waals surface area (Å²) in [7, 11) is 1.84. The first-order valence-electron chi connectivity index (χ1n) is 12.5. The summed E-state index contributed by atoms with van der Waals surface area (Å²) in [4.78, 5) is 29.3. The van der Waals surface area contributed by atoms with E-state index >= 15 is 0 Å². The van der Waals surface area contributed by atoms with E-state index in [4.69, 9.17) is 4.74 Å². The molecule has 37 heavy (non-hydrogen) atoms. The number of aryl methyl sites for hydroxylation is 3. The van der Waals surface area contributed by atoms with Crippen LogP contribution in [0.2, 0.25) is 0 Å². The van der Waals surface area contributed by atoms with Gasteiger partial charge in [-0.1, -0.05) is 36.1 Å². The number of amides is 1. The molecule has 0 bridgehead atoms. The molecule has 0 unspecified atom stereocenters. The maximum atomic E-state index is 14.2. The van der Waals surface area contributed by atoms with Gasteiger partial charge in [-0.25, -0.2) is 9.36 Å². The molecule has 0 spiro atoms. The van der Waals surface area contributed by atoms with Crippen molar-refractivity contribution >= 4 is 16.9 Å². The third-order valence-corrected chi connectivity index (χ3v) is 6.71. The second-order valence-electron chi connectivity index (χ2n) is 10.2. The van der Waals surface area contributed by atoms with Crippen LogP contribution in [-0.4, -0.2) is 37.4 Å². The van der Waals surface area contributed by atoms with Crippen molar-refractivity contribution in [3.63, 3.8) is 0 Å². The second kappa shape index (κ2) is 9.29. The Morgan fingerprint density at radius 1 is 1.08 bits per heavy atom. The highest BCUT2D eigenvalue weighted by Crippen LogP contribution is 2.38. The second-order valence-corrected chi connectivity index (χ2v) is 10.2. The molecule has 2 aromatic heterocycles. The van der Waals surface area contributed by atoms with Gasteiger partial charge in [-0.05, 0) is 64.3 Å². The monoisotopic (exact) mass is 494 g/mol. The molecule has 1 aliphatic rings. The van der Waals surface area contributed by atoms with Crippen LogP contribution in [0.15, 0.2) is 59.7 Å². The zero-order valence-electron chi connectivity index (χ0n) is 21.8. The van der Waals surface area contributed by atoms with Gasteiger partial charge in [0.25, 0.3) is 5.56 Å². The zero-order valence-corrected chi connectivity index (χ0v) is 21.8. The van der Waals surface area contributed by atoms with Crippen molar-refractivity contribution < 1.29 is 9.53 Å². The van der Waals surface area contributed by atoms with Crippen LogP contribution >= 0.6 is 0 Å². The molecular formula is C30H30N4O3. The van der Waals surface area contributed by atoms with Crippen LogP contribution < -0.4 is 10.3 Å². The number of hydrogen-bond donors (Lipinski definition) is 0. The Kier molecular flexibility index (Phi) is 6.12. The topological polar surface area (TPSA) is 69.4 Å². The summed E-state index contributed by atoms with van der Waals surface area (Å²) in [6.07, 6.45) is 4.49. The smallest absolute Gasteiger partial charge is 0.392 e. The van der Waals surface area contributed by atoms with Crippen LogP contribution in [0.5, 0.6) is 5.88 Å². The van der Waals surface area contributed by atoms with Gasteiger partial charge in [0.15, 0.2) is 0 Å². The fourth-order valence-corrected chi connectivity index (χ4v) is 5.02. The van der Waals surface area contributed by atoms with Gasteiger partial charge in [0.05, 0.1) is 22.8 Å². The number of para-hydroxylation sites is 1. The summed E-state index contributed by atoms with van der Waals surface area (Å²) < 4.78 is 9.31. The lowest BCUT2D eigenvalue weighted by Crippen LogP contribution is -2.47. The van der Waals surface area contributed by atoms with E-state index in [0.717, 1.165) is 28.5 Å². The normalized spacial score (nSPS) is 12.4. The van der Waals surface area contributed by atoms with Crippen LogP contribution in [-0.2, 0) is 19.9 Å².